The average Bonchev–Trinajstić information content (AvgIpc) is 2.29. The fraction of sp³-hybridized carbons (Fsp3) is 0.0769. The molecule has 0 aliphatic rings. The third-order valence-electron chi connectivity index (χ3n) is 2.67. The molecule has 2 aromatic carbocycles. The van der Waals surface area contributed by atoms with Crippen LogP contribution in [0.3, 0.4) is 0 Å². The minimum atomic E-state index is -1.46. The fourth-order valence-corrected chi connectivity index (χ4v) is 1.68. The van der Waals surface area contributed by atoms with Gasteiger partial charge in [0.05, 0.1) is 0 Å². The van der Waals surface area contributed by atoms with Crippen LogP contribution in [-0.4, -0.2) is 0 Å². The van der Waals surface area contributed by atoms with Crippen LogP contribution in [0, 0.1) is 24.4 Å². The van der Waals surface area contributed by atoms with Gasteiger partial charge in [0.15, 0.2) is 17.5 Å². The van der Waals surface area contributed by atoms with Crippen molar-refractivity contribution >= 4 is 5.69 Å². The molecule has 0 saturated heterocycles. The Hall–Kier alpha value is -1.97. The van der Waals surface area contributed by atoms with Gasteiger partial charge >= 0.3 is 0 Å². The molecule has 2 N–H and O–H groups in total. The van der Waals surface area contributed by atoms with E-state index in [9.17, 15) is 13.2 Å². The van der Waals surface area contributed by atoms with Crippen molar-refractivity contribution in [3.8, 4) is 11.1 Å². The van der Waals surface area contributed by atoms with Crippen LogP contribution >= 0.6 is 0 Å². The van der Waals surface area contributed by atoms with Crippen molar-refractivity contribution in [1.29, 1.82) is 0 Å². The predicted molar refractivity (Wildman–Crippen MR) is 60.9 cm³/mol. The lowest BCUT2D eigenvalue weighted by molar-refractivity contribution is 0.447. The second-order valence-corrected chi connectivity index (χ2v) is 3.77. The fourth-order valence-electron chi connectivity index (χ4n) is 1.68. The molecule has 2 aromatic rings. The van der Waals surface area contributed by atoms with Gasteiger partial charge in [-0.25, -0.2) is 13.2 Å². The van der Waals surface area contributed by atoms with E-state index in [0.717, 1.165) is 12.1 Å². The normalized spacial score (nSPS) is 10.6. The Morgan fingerprint density at radius 2 is 1.59 bits per heavy atom. The third kappa shape index (κ3) is 1.98. The maximum atomic E-state index is 13.1. The highest BCUT2D eigenvalue weighted by atomic mass is 19.2. The highest BCUT2D eigenvalue weighted by Crippen LogP contribution is 2.29. The summed E-state index contributed by atoms with van der Waals surface area (Å²) in [6, 6.07) is 6.96. The maximum absolute atomic E-state index is 13.1. The van der Waals surface area contributed by atoms with Crippen LogP contribution in [0.1, 0.15) is 5.56 Å². The van der Waals surface area contributed by atoms with Crippen LogP contribution in [0.15, 0.2) is 30.3 Å². The SMILES string of the molecule is Cc1c(N)cccc1-c1cc(F)c(F)c(F)c1. The van der Waals surface area contributed by atoms with E-state index < -0.39 is 17.5 Å². The molecule has 4 heteroatoms. The molecule has 0 heterocycles. The Bertz CT molecular complexity index is 556. The summed E-state index contributed by atoms with van der Waals surface area (Å²) in [5, 5.41) is 0. The van der Waals surface area contributed by atoms with Crippen LogP contribution in [0.4, 0.5) is 18.9 Å². The van der Waals surface area contributed by atoms with Crippen molar-refractivity contribution in [3.63, 3.8) is 0 Å². The molecule has 88 valence electrons. The van der Waals surface area contributed by atoms with Crippen molar-refractivity contribution in [2.75, 3.05) is 5.73 Å². The molecule has 0 saturated carbocycles. The van der Waals surface area contributed by atoms with Crippen LogP contribution in [0.25, 0.3) is 11.1 Å². The first kappa shape index (κ1) is 11.5. The summed E-state index contributed by atoms with van der Waals surface area (Å²) >= 11 is 0. The molecule has 0 radical (unpaired) electrons. The topological polar surface area (TPSA) is 26.0 Å². The zero-order chi connectivity index (χ0) is 12.6. The molecule has 0 bridgehead atoms. The molecule has 0 aromatic heterocycles. The number of nitrogens with two attached hydrogens (primary N) is 1. The Morgan fingerprint density at radius 3 is 2.18 bits per heavy atom. The molecular weight excluding hydrogens is 227 g/mol. The molecule has 0 unspecified atom stereocenters. The molecule has 2 rings (SSSR count). The van der Waals surface area contributed by atoms with Gasteiger partial charge in [-0.05, 0) is 41.8 Å². The standard InChI is InChI=1S/C13H10F3N/c1-7-9(3-2-4-12(7)17)8-5-10(14)13(16)11(15)6-8/h2-6H,17H2,1H3. The molecule has 0 atom stereocenters. The highest BCUT2D eigenvalue weighted by Gasteiger charge is 2.13. The van der Waals surface area contributed by atoms with Crippen LogP contribution < -0.4 is 5.73 Å². The van der Waals surface area contributed by atoms with E-state index in [1.54, 1.807) is 25.1 Å². The summed E-state index contributed by atoms with van der Waals surface area (Å²) in [6.45, 7) is 1.74. The molecule has 0 fully saturated rings. The van der Waals surface area contributed by atoms with Crippen molar-refractivity contribution < 1.29 is 13.2 Å². The number of hydrogen-bond acceptors (Lipinski definition) is 1. The first-order valence-electron chi connectivity index (χ1n) is 5.00. The van der Waals surface area contributed by atoms with Gasteiger partial charge in [-0.1, -0.05) is 12.1 Å². The van der Waals surface area contributed by atoms with Crippen LogP contribution in [0.5, 0.6) is 0 Å². The van der Waals surface area contributed by atoms with E-state index in [4.69, 9.17) is 5.73 Å². The molecular formula is C13H10F3N. The van der Waals surface area contributed by atoms with Crippen LogP contribution in [0.2, 0.25) is 0 Å². The number of halogens is 3. The van der Waals surface area contributed by atoms with Gasteiger partial charge in [-0.3, -0.25) is 0 Å². The first-order valence-corrected chi connectivity index (χ1v) is 5.00. The third-order valence-corrected chi connectivity index (χ3v) is 2.67. The highest BCUT2D eigenvalue weighted by molar-refractivity contribution is 5.72. The quantitative estimate of drug-likeness (QED) is 0.594. The van der Waals surface area contributed by atoms with Crippen molar-refractivity contribution in [2.45, 2.75) is 6.92 Å². The Kier molecular flexibility index (Phi) is 2.79. The number of anilines is 1. The van der Waals surface area contributed by atoms with Crippen molar-refractivity contribution in [2.24, 2.45) is 0 Å². The van der Waals surface area contributed by atoms with Gasteiger partial charge in [-0.2, -0.15) is 0 Å². The summed E-state index contributed by atoms with van der Waals surface area (Å²) < 4.78 is 39.1. The second-order valence-electron chi connectivity index (χ2n) is 3.77. The average molecular weight is 237 g/mol. The van der Waals surface area contributed by atoms with Crippen molar-refractivity contribution in [3.05, 3.63) is 53.3 Å². The largest absolute Gasteiger partial charge is 0.398 e. The number of benzene rings is 2. The lowest BCUT2D eigenvalue weighted by Gasteiger charge is -2.09. The summed E-state index contributed by atoms with van der Waals surface area (Å²) in [4.78, 5) is 0. The van der Waals surface area contributed by atoms with Gasteiger partial charge in [0.2, 0.25) is 0 Å². The van der Waals surface area contributed by atoms with Crippen molar-refractivity contribution in [1.82, 2.24) is 0 Å². The Labute approximate surface area is 96.7 Å². The molecule has 0 aliphatic carbocycles. The van der Waals surface area contributed by atoms with E-state index >= 15 is 0 Å². The molecule has 0 amide bonds. The molecule has 0 aliphatic heterocycles. The van der Waals surface area contributed by atoms with Gasteiger partial charge in [0.25, 0.3) is 0 Å². The van der Waals surface area contributed by atoms with E-state index in [1.807, 2.05) is 0 Å². The molecule has 0 spiro atoms. The minimum absolute atomic E-state index is 0.270. The minimum Gasteiger partial charge on any atom is -0.398 e. The summed E-state index contributed by atoms with van der Waals surface area (Å²) in [7, 11) is 0. The van der Waals surface area contributed by atoms with Gasteiger partial charge in [0.1, 0.15) is 0 Å². The zero-order valence-corrected chi connectivity index (χ0v) is 9.10. The number of rotatable bonds is 1. The van der Waals surface area contributed by atoms with E-state index in [2.05, 4.69) is 0 Å². The second kappa shape index (κ2) is 4.13. The number of nitrogen functional groups attached to an aromatic ring is 1. The lowest BCUT2D eigenvalue weighted by Crippen LogP contribution is -1.95. The molecule has 17 heavy (non-hydrogen) atoms. The first-order chi connectivity index (χ1) is 8.00. The summed E-state index contributed by atoms with van der Waals surface area (Å²) in [6.07, 6.45) is 0. The smallest absolute Gasteiger partial charge is 0.194 e. The van der Waals surface area contributed by atoms with E-state index in [-0.39, 0.29) is 5.56 Å². The van der Waals surface area contributed by atoms with E-state index in [0.29, 0.717) is 16.8 Å². The summed E-state index contributed by atoms with van der Waals surface area (Å²) in [5.74, 6) is -3.88. The maximum Gasteiger partial charge on any atom is 0.194 e. The Balaban J connectivity index is 2.65. The summed E-state index contributed by atoms with van der Waals surface area (Å²) in [5.41, 5.74) is 7.79. The predicted octanol–water partition coefficient (Wildman–Crippen LogP) is 3.66. The zero-order valence-electron chi connectivity index (χ0n) is 9.10. The van der Waals surface area contributed by atoms with Gasteiger partial charge in [-0.15, -0.1) is 0 Å². The van der Waals surface area contributed by atoms with Crippen LogP contribution in [-0.2, 0) is 0 Å². The number of hydrogen-bond donors (Lipinski definition) is 1. The van der Waals surface area contributed by atoms with Gasteiger partial charge < -0.3 is 5.73 Å². The van der Waals surface area contributed by atoms with E-state index in [1.165, 1.54) is 0 Å². The van der Waals surface area contributed by atoms with Gasteiger partial charge in [0, 0.05) is 5.69 Å². The molecule has 1 nitrogen and oxygen atoms in total. The monoisotopic (exact) mass is 237 g/mol. The lowest BCUT2D eigenvalue weighted by atomic mass is 9.99. The Morgan fingerprint density at radius 1 is 1.00 bits per heavy atom.